The van der Waals surface area contributed by atoms with Crippen LogP contribution in [-0.4, -0.2) is 50.6 Å². The minimum absolute atomic E-state index is 0.0135. The number of Topliss-reactive ketones (excluding diaryl/α,β-unsaturated/α-hetero) is 1. The minimum Gasteiger partial charge on any atom is -0.493 e. The van der Waals surface area contributed by atoms with Crippen LogP contribution in [0.1, 0.15) is 37.3 Å². The normalized spacial score (nSPS) is 25.4. The molecule has 1 aromatic carbocycles. The van der Waals surface area contributed by atoms with Gasteiger partial charge in [0, 0.05) is 6.54 Å². The van der Waals surface area contributed by atoms with Gasteiger partial charge in [-0.3, -0.25) is 9.59 Å². The zero-order valence-electron chi connectivity index (χ0n) is 17.6. The van der Waals surface area contributed by atoms with E-state index in [4.69, 9.17) is 18.9 Å². The van der Waals surface area contributed by atoms with E-state index < -0.39 is 6.04 Å². The Hall–Kier alpha value is -2.96. The number of hydrogen-bond donors (Lipinski definition) is 0. The van der Waals surface area contributed by atoms with Crippen molar-refractivity contribution >= 4 is 11.7 Å². The first-order valence-corrected chi connectivity index (χ1v) is 10.2. The molecule has 1 aliphatic carbocycles. The first-order chi connectivity index (χ1) is 14.5. The van der Waals surface area contributed by atoms with Crippen LogP contribution in [0.3, 0.4) is 0 Å². The second-order valence-corrected chi connectivity index (χ2v) is 7.76. The maximum atomic E-state index is 13.5. The molecule has 30 heavy (non-hydrogen) atoms. The number of carbonyl (C=O) groups excluding carboxylic acids is 2. The number of nitrogens with zero attached hydrogens (tertiary/aromatic N) is 1. The molecule has 0 aromatic heterocycles. The van der Waals surface area contributed by atoms with Gasteiger partial charge in [0.25, 0.3) is 5.91 Å². The topological polar surface area (TPSA) is 74.3 Å². The first kappa shape index (κ1) is 20.3. The van der Waals surface area contributed by atoms with Crippen LogP contribution in [0, 0.1) is 5.92 Å². The first-order valence-electron chi connectivity index (χ1n) is 10.2. The van der Waals surface area contributed by atoms with Crippen molar-refractivity contribution in [2.24, 2.45) is 5.92 Å². The number of methoxy groups -OCH3 is 3. The van der Waals surface area contributed by atoms with E-state index in [0.717, 1.165) is 25.7 Å². The van der Waals surface area contributed by atoms with Crippen molar-refractivity contribution < 1.29 is 28.5 Å². The molecule has 0 radical (unpaired) electrons. The lowest BCUT2D eigenvalue weighted by Gasteiger charge is -2.35. The molecule has 7 nitrogen and oxygen atoms in total. The Bertz CT molecular complexity index is 895. The van der Waals surface area contributed by atoms with E-state index in [9.17, 15) is 9.59 Å². The highest BCUT2D eigenvalue weighted by molar-refractivity contribution is 6.11. The average Bonchev–Trinajstić information content (AvgIpc) is 3.05. The highest BCUT2D eigenvalue weighted by Crippen LogP contribution is 2.49. The van der Waals surface area contributed by atoms with Crippen molar-refractivity contribution in [2.75, 3.05) is 27.9 Å². The predicted molar refractivity (Wildman–Crippen MR) is 110 cm³/mol. The van der Waals surface area contributed by atoms with Gasteiger partial charge >= 0.3 is 0 Å². The lowest BCUT2D eigenvalue weighted by Crippen LogP contribution is -2.39. The van der Waals surface area contributed by atoms with Crippen LogP contribution in [0.25, 0.3) is 0 Å². The molecule has 2 heterocycles. The third kappa shape index (κ3) is 3.04. The van der Waals surface area contributed by atoms with Gasteiger partial charge in [-0.2, -0.15) is 0 Å². The highest BCUT2D eigenvalue weighted by Gasteiger charge is 2.51. The van der Waals surface area contributed by atoms with Gasteiger partial charge in [0.05, 0.1) is 38.9 Å². The second-order valence-electron chi connectivity index (χ2n) is 7.76. The highest BCUT2D eigenvalue weighted by atomic mass is 16.5. The lowest BCUT2D eigenvalue weighted by molar-refractivity contribution is -0.135. The van der Waals surface area contributed by atoms with Gasteiger partial charge in [0.2, 0.25) is 5.75 Å². The standard InChI is InChI=1S/C23H27NO6/c1-5-10-24-19(13-11-16(27-2)21(29-4)17(12-13)28-3)18-20(25)14-8-6-7-9-15(14)30-22(18)23(24)26/h5,11-12,14-15,19H,1,6-10H2,2-4H3. The van der Waals surface area contributed by atoms with Crippen molar-refractivity contribution in [3.63, 3.8) is 0 Å². The Morgan fingerprint density at radius 3 is 2.37 bits per heavy atom. The molecular weight excluding hydrogens is 386 g/mol. The van der Waals surface area contributed by atoms with Crippen LogP contribution in [0.15, 0.2) is 36.1 Å². The Balaban J connectivity index is 1.86. The smallest absolute Gasteiger partial charge is 0.290 e. The average molecular weight is 413 g/mol. The number of ketones is 1. The maximum Gasteiger partial charge on any atom is 0.290 e. The van der Waals surface area contributed by atoms with Crippen LogP contribution >= 0.6 is 0 Å². The molecular formula is C23H27NO6. The van der Waals surface area contributed by atoms with Crippen molar-refractivity contribution in [3.8, 4) is 17.2 Å². The Morgan fingerprint density at radius 1 is 1.10 bits per heavy atom. The van der Waals surface area contributed by atoms with Crippen LogP contribution in [0.2, 0.25) is 0 Å². The fourth-order valence-corrected chi connectivity index (χ4v) is 4.83. The van der Waals surface area contributed by atoms with Crippen LogP contribution < -0.4 is 14.2 Å². The van der Waals surface area contributed by atoms with E-state index in [1.807, 2.05) is 0 Å². The van der Waals surface area contributed by atoms with E-state index in [0.29, 0.717) is 34.9 Å². The molecule has 3 unspecified atom stereocenters. The molecule has 0 saturated heterocycles. The Labute approximate surface area is 176 Å². The Morgan fingerprint density at radius 2 is 1.77 bits per heavy atom. The number of ether oxygens (including phenoxy) is 4. The summed E-state index contributed by atoms with van der Waals surface area (Å²) in [5.41, 5.74) is 1.13. The third-order valence-electron chi connectivity index (χ3n) is 6.19. The SMILES string of the molecule is C=CCN1C(=O)C2=C(C(=O)C3CCCCC3O2)C1c1cc(OC)c(OC)c(OC)c1. The summed E-state index contributed by atoms with van der Waals surface area (Å²) in [5.74, 6) is 1.11. The van der Waals surface area contributed by atoms with Gasteiger partial charge in [-0.1, -0.05) is 12.5 Å². The van der Waals surface area contributed by atoms with Gasteiger partial charge in [0.1, 0.15) is 6.10 Å². The molecule has 0 N–H and O–H groups in total. The fraction of sp³-hybridized carbons (Fsp3) is 0.478. The number of fused-ring (bicyclic) bond motifs is 1. The maximum absolute atomic E-state index is 13.5. The molecule has 2 aliphatic heterocycles. The van der Waals surface area contributed by atoms with Crippen LogP contribution in [0.5, 0.6) is 17.2 Å². The fourth-order valence-electron chi connectivity index (χ4n) is 4.83. The van der Waals surface area contributed by atoms with Gasteiger partial charge in [0.15, 0.2) is 23.0 Å². The van der Waals surface area contributed by atoms with Crippen molar-refractivity contribution in [1.82, 2.24) is 4.90 Å². The number of hydrogen-bond acceptors (Lipinski definition) is 6. The summed E-state index contributed by atoms with van der Waals surface area (Å²) in [6, 6.07) is 2.98. The van der Waals surface area contributed by atoms with E-state index >= 15 is 0 Å². The molecule has 160 valence electrons. The summed E-state index contributed by atoms with van der Waals surface area (Å²) >= 11 is 0. The number of benzene rings is 1. The summed E-state index contributed by atoms with van der Waals surface area (Å²) in [5, 5.41) is 0. The third-order valence-corrected chi connectivity index (χ3v) is 6.19. The number of amides is 1. The molecule has 1 aromatic rings. The van der Waals surface area contributed by atoms with Crippen molar-refractivity contribution in [2.45, 2.75) is 37.8 Å². The van der Waals surface area contributed by atoms with E-state index in [-0.39, 0.29) is 29.5 Å². The molecule has 3 aliphatic rings. The van der Waals surface area contributed by atoms with E-state index in [1.54, 1.807) is 23.1 Å². The van der Waals surface area contributed by atoms with E-state index in [1.165, 1.54) is 21.3 Å². The van der Waals surface area contributed by atoms with Gasteiger partial charge in [-0.05, 0) is 37.0 Å². The monoisotopic (exact) mass is 413 g/mol. The van der Waals surface area contributed by atoms with E-state index in [2.05, 4.69) is 6.58 Å². The molecule has 1 fully saturated rings. The van der Waals surface area contributed by atoms with Gasteiger partial charge in [-0.15, -0.1) is 6.58 Å². The molecule has 1 saturated carbocycles. The molecule has 1 amide bonds. The Kier molecular flexibility index (Phi) is 5.45. The van der Waals surface area contributed by atoms with Crippen molar-refractivity contribution in [1.29, 1.82) is 0 Å². The molecule has 0 bridgehead atoms. The summed E-state index contributed by atoms with van der Waals surface area (Å²) in [4.78, 5) is 28.4. The summed E-state index contributed by atoms with van der Waals surface area (Å²) in [7, 11) is 4.61. The zero-order chi connectivity index (χ0) is 21.4. The largest absolute Gasteiger partial charge is 0.493 e. The minimum atomic E-state index is -0.588. The molecule has 4 rings (SSSR count). The van der Waals surface area contributed by atoms with Crippen LogP contribution in [0.4, 0.5) is 0 Å². The molecule has 0 spiro atoms. The van der Waals surface area contributed by atoms with Crippen molar-refractivity contribution in [3.05, 3.63) is 41.7 Å². The lowest BCUT2D eigenvalue weighted by atomic mass is 9.77. The summed E-state index contributed by atoms with van der Waals surface area (Å²) in [6.07, 6.45) is 5.04. The number of carbonyl (C=O) groups is 2. The van der Waals surface area contributed by atoms with Crippen LogP contribution in [-0.2, 0) is 14.3 Å². The predicted octanol–water partition coefficient (Wildman–Crippen LogP) is 3.19. The summed E-state index contributed by atoms with van der Waals surface area (Å²) in [6.45, 7) is 4.07. The second kappa shape index (κ2) is 8.05. The quantitative estimate of drug-likeness (QED) is 0.667. The molecule has 3 atom stereocenters. The summed E-state index contributed by atoms with van der Waals surface area (Å²) < 4.78 is 22.5. The van der Waals surface area contributed by atoms with Gasteiger partial charge < -0.3 is 23.8 Å². The molecule has 7 heteroatoms. The number of rotatable bonds is 6. The van der Waals surface area contributed by atoms with Gasteiger partial charge in [-0.25, -0.2) is 0 Å². The zero-order valence-corrected chi connectivity index (χ0v) is 17.6.